The third kappa shape index (κ3) is 5.53. The summed E-state index contributed by atoms with van der Waals surface area (Å²) in [7, 11) is -2.82. The molecule has 166 valence electrons. The highest BCUT2D eigenvalue weighted by Gasteiger charge is 2.21. The standard InChI is InChI=1S/C24H24N2O5S/c1-17-12-13-19(16-21(17)24(28)31-2)32(29,30)26-22-11-7-6-10-20(22)23(27)25-15-14-18-8-4-3-5-9-18/h3-13,16,26H,14-15H2,1-2H3,(H,25,27). The molecule has 0 atom stereocenters. The van der Waals surface area contributed by atoms with Gasteiger partial charge in [-0.15, -0.1) is 0 Å². The first-order valence-corrected chi connectivity index (χ1v) is 11.4. The fourth-order valence-electron chi connectivity index (χ4n) is 3.13. The van der Waals surface area contributed by atoms with Crippen LogP contribution in [-0.2, 0) is 21.2 Å². The summed E-state index contributed by atoms with van der Waals surface area (Å²) in [5.41, 5.74) is 2.17. The minimum Gasteiger partial charge on any atom is -0.465 e. The van der Waals surface area contributed by atoms with Crippen LogP contribution in [0.15, 0.2) is 77.7 Å². The van der Waals surface area contributed by atoms with E-state index in [4.69, 9.17) is 4.74 Å². The molecule has 0 aliphatic carbocycles. The van der Waals surface area contributed by atoms with E-state index in [2.05, 4.69) is 10.0 Å². The number of aryl methyl sites for hydroxylation is 1. The number of benzene rings is 3. The molecule has 0 unspecified atom stereocenters. The fraction of sp³-hybridized carbons (Fsp3) is 0.167. The Labute approximate surface area is 187 Å². The average molecular weight is 453 g/mol. The molecule has 32 heavy (non-hydrogen) atoms. The van der Waals surface area contributed by atoms with Crippen molar-refractivity contribution in [2.45, 2.75) is 18.2 Å². The second-order valence-electron chi connectivity index (χ2n) is 7.11. The number of sulfonamides is 1. The van der Waals surface area contributed by atoms with E-state index in [0.717, 1.165) is 5.56 Å². The molecule has 0 saturated carbocycles. The molecule has 0 fully saturated rings. The van der Waals surface area contributed by atoms with Gasteiger partial charge in [0.25, 0.3) is 15.9 Å². The number of carbonyl (C=O) groups is 2. The Hall–Kier alpha value is -3.65. The molecule has 1 amide bonds. The summed E-state index contributed by atoms with van der Waals surface area (Å²) >= 11 is 0. The minimum absolute atomic E-state index is 0.109. The lowest BCUT2D eigenvalue weighted by Gasteiger charge is -2.14. The van der Waals surface area contributed by atoms with Gasteiger partial charge in [0.2, 0.25) is 0 Å². The van der Waals surface area contributed by atoms with Crippen LogP contribution in [0.25, 0.3) is 0 Å². The molecule has 0 radical (unpaired) electrons. The van der Waals surface area contributed by atoms with Crippen LogP contribution in [0.3, 0.4) is 0 Å². The van der Waals surface area contributed by atoms with Crippen molar-refractivity contribution in [2.24, 2.45) is 0 Å². The number of amides is 1. The van der Waals surface area contributed by atoms with Crippen LogP contribution in [0.4, 0.5) is 5.69 Å². The Morgan fingerprint density at radius 1 is 0.906 bits per heavy atom. The molecule has 3 aromatic rings. The first kappa shape index (κ1) is 23.0. The Bertz CT molecular complexity index is 1220. The molecule has 0 heterocycles. The Balaban J connectivity index is 1.78. The molecule has 0 bridgehead atoms. The lowest BCUT2D eigenvalue weighted by atomic mass is 10.1. The Morgan fingerprint density at radius 3 is 2.31 bits per heavy atom. The van der Waals surface area contributed by atoms with Gasteiger partial charge in [-0.05, 0) is 48.7 Å². The van der Waals surface area contributed by atoms with E-state index in [1.807, 2.05) is 30.3 Å². The van der Waals surface area contributed by atoms with Crippen LogP contribution in [0.1, 0.15) is 31.8 Å². The van der Waals surface area contributed by atoms with Gasteiger partial charge in [0.15, 0.2) is 0 Å². The van der Waals surface area contributed by atoms with Gasteiger partial charge in [0.05, 0.1) is 28.8 Å². The van der Waals surface area contributed by atoms with Crippen LogP contribution in [-0.4, -0.2) is 33.9 Å². The summed E-state index contributed by atoms with van der Waals surface area (Å²) in [5.74, 6) is -1.02. The summed E-state index contributed by atoms with van der Waals surface area (Å²) in [4.78, 5) is 24.5. The average Bonchev–Trinajstić information content (AvgIpc) is 2.79. The third-order valence-corrected chi connectivity index (χ3v) is 6.25. The molecule has 2 N–H and O–H groups in total. The highest BCUT2D eigenvalue weighted by Crippen LogP contribution is 2.22. The predicted molar refractivity (Wildman–Crippen MR) is 122 cm³/mol. The minimum atomic E-state index is -4.05. The van der Waals surface area contributed by atoms with Crippen molar-refractivity contribution in [1.82, 2.24) is 5.32 Å². The van der Waals surface area contributed by atoms with Crippen molar-refractivity contribution in [2.75, 3.05) is 18.4 Å². The maximum absolute atomic E-state index is 13.0. The van der Waals surface area contributed by atoms with E-state index in [0.29, 0.717) is 18.5 Å². The molecule has 7 nitrogen and oxygen atoms in total. The normalized spacial score (nSPS) is 10.9. The zero-order chi connectivity index (χ0) is 23.1. The zero-order valence-corrected chi connectivity index (χ0v) is 18.6. The molecule has 0 saturated heterocycles. The second kappa shape index (κ2) is 10.1. The summed E-state index contributed by atoms with van der Waals surface area (Å²) in [6.07, 6.45) is 0.653. The summed E-state index contributed by atoms with van der Waals surface area (Å²) < 4.78 is 33.1. The lowest BCUT2D eigenvalue weighted by Crippen LogP contribution is -2.27. The maximum atomic E-state index is 13.0. The number of hydrogen-bond acceptors (Lipinski definition) is 5. The van der Waals surface area contributed by atoms with Gasteiger partial charge in [0.1, 0.15) is 0 Å². The first-order chi connectivity index (χ1) is 15.3. The van der Waals surface area contributed by atoms with Crippen LogP contribution in [0.5, 0.6) is 0 Å². The number of esters is 1. The monoisotopic (exact) mass is 452 g/mol. The molecule has 3 aromatic carbocycles. The number of rotatable bonds is 8. The van der Waals surface area contributed by atoms with Gasteiger partial charge >= 0.3 is 5.97 Å². The molecule has 8 heteroatoms. The molecule has 3 rings (SSSR count). The molecule has 0 aliphatic rings. The first-order valence-electron chi connectivity index (χ1n) is 9.95. The van der Waals surface area contributed by atoms with Gasteiger partial charge < -0.3 is 10.1 Å². The van der Waals surface area contributed by atoms with Gasteiger partial charge in [-0.1, -0.05) is 48.5 Å². The van der Waals surface area contributed by atoms with Crippen molar-refractivity contribution in [3.8, 4) is 0 Å². The van der Waals surface area contributed by atoms with Crippen molar-refractivity contribution >= 4 is 27.6 Å². The smallest absolute Gasteiger partial charge is 0.338 e. The van der Waals surface area contributed by atoms with E-state index < -0.39 is 21.9 Å². The molecule has 0 aromatic heterocycles. The third-order valence-electron chi connectivity index (χ3n) is 4.88. The molecule has 0 aliphatic heterocycles. The van der Waals surface area contributed by atoms with Crippen LogP contribution in [0.2, 0.25) is 0 Å². The predicted octanol–water partition coefficient (Wildman–Crippen LogP) is 3.55. The van der Waals surface area contributed by atoms with E-state index in [-0.39, 0.29) is 21.7 Å². The number of hydrogen-bond donors (Lipinski definition) is 2. The largest absolute Gasteiger partial charge is 0.465 e. The number of ether oxygens (including phenoxy) is 1. The van der Waals surface area contributed by atoms with Crippen molar-refractivity contribution in [3.05, 3.63) is 95.1 Å². The SMILES string of the molecule is COC(=O)c1cc(S(=O)(=O)Nc2ccccc2C(=O)NCCc2ccccc2)ccc1C. The zero-order valence-electron chi connectivity index (χ0n) is 17.8. The van der Waals surface area contributed by atoms with E-state index >= 15 is 0 Å². The van der Waals surface area contributed by atoms with Gasteiger partial charge in [-0.25, -0.2) is 13.2 Å². The van der Waals surface area contributed by atoms with E-state index in [1.165, 1.54) is 31.4 Å². The molecular weight excluding hydrogens is 428 g/mol. The Kier molecular flexibility index (Phi) is 7.27. The van der Waals surface area contributed by atoms with Gasteiger partial charge in [-0.3, -0.25) is 9.52 Å². The fourth-order valence-corrected chi connectivity index (χ4v) is 4.24. The maximum Gasteiger partial charge on any atom is 0.338 e. The second-order valence-corrected chi connectivity index (χ2v) is 8.79. The number of carbonyl (C=O) groups excluding carboxylic acids is 2. The van der Waals surface area contributed by atoms with Crippen LogP contribution >= 0.6 is 0 Å². The number of para-hydroxylation sites is 1. The number of nitrogens with one attached hydrogen (secondary N) is 2. The quantitative estimate of drug-likeness (QED) is 0.509. The van der Waals surface area contributed by atoms with Gasteiger partial charge in [-0.2, -0.15) is 0 Å². The summed E-state index contributed by atoms with van der Waals surface area (Å²) in [5, 5.41) is 2.82. The van der Waals surface area contributed by atoms with Crippen molar-refractivity contribution in [1.29, 1.82) is 0 Å². The Morgan fingerprint density at radius 2 is 1.59 bits per heavy atom. The lowest BCUT2D eigenvalue weighted by molar-refractivity contribution is 0.0599. The molecular formula is C24H24N2O5S. The van der Waals surface area contributed by atoms with Crippen molar-refractivity contribution in [3.63, 3.8) is 0 Å². The summed E-state index contributed by atoms with van der Waals surface area (Å²) in [6.45, 7) is 2.09. The number of anilines is 1. The van der Waals surface area contributed by atoms with E-state index in [1.54, 1.807) is 25.1 Å². The highest BCUT2D eigenvalue weighted by atomic mass is 32.2. The van der Waals surface area contributed by atoms with Gasteiger partial charge in [0, 0.05) is 6.54 Å². The number of methoxy groups -OCH3 is 1. The van der Waals surface area contributed by atoms with E-state index in [9.17, 15) is 18.0 Å². The highest BCUT2D eigenvalue weighted by molar-refractivity contribution is 7.92. The van der Waals surface area contributed by atoms with Crippen LogP contribution < -0.4 is 10.0 Å². The topological polar surface area (TPSA) is 102 Å². The summed E-state index contributed by atoms with van der Waals surface area (Å²) in [6, 6.07) is 20.3. The molecule has 0 spiro atoms. The van der Waals surface area contributed by atoms with Crippen molar-refractivity contribution < 1.29 is 22.7 Å². The van der Waals surface area contributed by atoms with Crippen LogP contribution in [0, 0.1) is 6.92 Å².